The van der Waals surface area contributed by atoms with Crippen LogP contribution in [0, 0.1) is 5.82 Å². The molecule has 1 atom stereocenters. The Kier molecular flexibility index (Phi) is 3.90. The van der Waals surface area contributed by atoms with E-state index >= 15 is 0 Å². The van der Waals surface area contributed by atoms with Crippen LogP contribution in [-0.4, -0.2) is 14.9 Å². The highest BCUT2D eigenvalue weighted by Crippen LogP contribution is 2.30. The summed E-state index contributed by atoms with van der Waals surface area (Å²) in [7, 11) is 0. The largest absolute Gasteiger partial charge is 0.382 e. The topological polar surface area (TPSA) is 38.0 Å². The van der Waals surface area contributed by atoms with Crippen LogP contribution < -0.4 is 0 Å². The Morgan fingerprint density at radius 2 is 2.11 bits per heavy atom. The third-order valence-electron chi connectivity index (χ3n) is 2.65. The summed E-state index contributed by atoms with van der Waals surface area (Å²) in [6.45, 7) is 2.46. The molecule has 0 aliphatic heterocycles. The number of hydrogen-bond acceptors (Lipinski definition) is 2. The van der Waals surface area contributed by atoms with Crippen molar-refractivity contribution in [3.05, 3.63) is 51.5 Å². The van der Waals surface area contributed by atoms with Gasteiger partial charge in [-0.25, -0.2) is 4.39 Å². The molecule has 96 valence electrons. The molecule has 1 N–H and O–H groups in total. The molecule has 0 amide bonds. The zero-order chi connectivity index (χ0) is 13.3. The van der Waals surface area contributed by atoms with E-state index in [1.165, 1.54) is 24.4 Å². The smallest absolute Gasteiger partial charge is 0.141 e. The number of halogens is 3. The molecule has 0 spiro atoms. The lowest BCUT2D eigenvalue weighted by Gasteiger charge is -2.14. The number of aliphatic hydroxyl groups is 1. The normalized spacial score (nSPS) is 12.7. The SMILES string of the molecule is CCn1ncc(Cl)c1C(O)c1ccc(F)c(Cl)c1. The van der Waals surface area contributed by atoms with Crippen molar-refractivity contribution in [3.8, 4) is 0 Å². The van der Waals surface area contributed by atoms with Crippen molar-refractivity contribution >= 4 is 23.2 Å². The van der Waals surface area contributed by atoms with Crippen LogP contribution in [0.5, 0.6) is 0 Å². The second kappa shape index (κ2) is 5.26. The maximum atomic E-state index is 13.1. The van der Waals surface area contributed by atoms with E-state index in [0.29, 0.717) is 22.8 Å². The second-order valence-electron chi connectivity index (χ2n) is 3.77. The number of aromatic nitrogens is 2. The van der Waals surface area contributed by atoms with Crippen molar-refractivity contribution in [2.45, 2.75) is 19.6 Å². The Bertz CT molecular complexity index is 571. The molecule has 0 saturated carbocycles. The van der Waals surface area contributed by atoms with E-state index in [4.69, 9.17) is 23.2 Å². The third-order valence-corrected chi connectivity index (χ3v) is 3.23. The summed E-state index contributed by atoms with van der Waals surface area (Å²) in [6.07, 6.45) is 0.479. The number of rotatable bonds is 3. The minimum atomic E-state index is -0.988. The minimum Gasteiger partial charge on any atom is -0.382 e. The molecule has 1 aromatic carbocycles. The van der Waals surface area contributed by atoms with Crippen LogP contribution in [0.1, 0.15) is 24.3 Å². The van der Waals surface area contributed by atoms with Crippen molar-refractivity contribution in [3.63, 3.8) is 0 Å². The number of benzene rings is 1. The molecule has 2 aromatic rings. The first-order valence-corrected chi connectivity index (χ1v) is 6.14. The number of nitrogens with zero attached hydrogens (tertiary/aromatic N) is 2. The molecule has 1 unspecified atom stereocenters. The highest BCUT2D eigenvalue weighted by Gasteiger charge is 2.20. The highest BCUT2D eigenvalue weighted by atomic mass is 35.5. The van der Waals surface area contributed by atoms with Crippen molar-refractivity contribution in [1.82, 2.24) is 9.78 Å². The average molecular weight is 289 g/mol. The molecule has 18 heavy (non-hydrogen) atoms. The van der Waals surface area contributed by atoms with Crippen LogP contribution in [0.15, 0.2) is 24.4 Å². The van der Waals surface area contributed by atoms with E-state index in [1.54, 1.807) is 4.68 Å². The van der Waals surface area contributed by atoms with Crippen molar-refractivity contribution < 1.29 is 9.50 Å². The van der Waals surface area contributed by atoms with Gasteiger partial charge >= 0.3 is 0 Å². The quantitative estimate of drug-likeness (QED) is 0.940. The van der Waals surface area contributed by atoms with Gasteiger partial charge in [-0.05, 0) is 24.6 Å². The Labute approximate surface area is 114 Å². The maximum absolute atomic E-state index is 13.1. The predicted octanol–water partition coefficient (Wildman–Crippen LogP) is 3.43. The van der Waals surface area contributed by atoms with E-state index in [0.717, 1.165) is 0 Å². The van der Waals surface area contributed by atoms with Crippen LogP contribution in [0.4, 0.5) is 4.39 Å². The van der Waals surface area contributed by atoms with Crippen LogP contribution >= 0.6 is 23.2 Å². The second-order valence-corrected chi connectivity index (χ2v) is 4.58. The summed E-state index contributed by atoms with van der Waals surface area (Å²) < 4.78 is 14.7. The molecular formula is C12H11Cl2FN2O. The molecule has 1 heterocycles. The van der Waals surface area contributed by atoms with E-state index in [9.17, 15) is 9.50 Å². The maximum Gasteiger partial charge on any atom is 0.141 e. The molecule has 0 aliphatic carbocycles. The fourth-order valence-electron chi connectivity index (χ4n) is 1.74. The summed E-state index contributed by atoms with van der Waals surface area (Å²) in [6, 6.07) is 4.06. The van der Waals surface area contributed by atoms with Crippen molar-refractivity contribution in [1.29, 1.82) is 0 Å². The number of aryl methyl sites for hydroxylation is 1. The zero-order valence-electron chi connectivity index (χ0n) is 9.57. The van der Waals surface area contributed by atoms with Gasteiger partial charge < -0.3 is 5.11 Å². The Hall–Kier alpha value is -1.10. The summed E-state index contributed by atoms with van der Waals surface area (Å²) in [5.74, 6) is -0.525. The highest BCUT2D eigenvalue weighted by molar-refractivity contribution is 6.31. The molecule has 1 aromatic heterocycles. The summed E-state index contributed by atoms with van der Waals surface area (Å²) in [5.41, 5.74) is 0.945. The molecular weight excluding hydrogens is 278 g/mol. The molecule has 0 bridgehead atoms. The van der Waals surface area contributed by atoms with Gasteiger partial charge in [0.15, 0.2) is 0 Å². The minimum absolute atomic E-state index is 0.0368. The molecule has 0 saturated heterocycles. The third kappa shape index (κ3) is 2.36. The standard InChI is InChI=1S/C12H11Cl2FN2O/c1-2-17-11(9(14)6-16-17)12(18)7-3-4-10(15)8(13)5-7/h3-6,12,18H,2H2,1H3. The van der Waals surface area contributed by atoms with E-state index in [1.807, 2.05) is 6.92 Å². The lowest BCUT2D eigenvalue weighted by molar-refractivity contribution is 0.208. The van der Waals surface area contributed by atoms with E-state index < -0.39 is 11.9 Å². The molecule has 0 radical (unpaired) electrons. The molecule has 0 fully saturated rings. The van der Waals surface area contributed by atoms with Gasteiger partial charge in [0, 0.05) is 6.54 Å². The van der Waals surface area contributed by atoms with Gasteiger partial charge in [-0.15, -0.1) is 0 Å². The predicted molar refractivity (Wildman–Crippen MR) is 68.4 cm³/mol. The molecule has 0 aliphatic rings. The van der Waals surface area contributed by atoms with Crippen molar-refractivity contribution in [2.24, 2.45) is 0 Å². The Morgan fingerprint density at radius 3 is 2.72 bits per heavy atom. The van der Waals surface area contributed by atoms with Crippen LogP contribution in [0.2, 0.25) is 10.0 Å². The van der Waals surface area contributed by atoms with Crippen LogP contribution in [0.25, 0.3) is 0 Å². The first-order chi connectivity index (χ1) is 8.54. The van der Waals surface area contributed by atoms with Gasteiger partial charge in [0.25, 0.3) is 0 Å². The molecule has 3 nitrogen and oxygen atoms in total. The monoisotopic (exact) mass is 288 g/mol. The lowest BCUT2D eigenvalue weighted by atomic mass is 10.1. The zero-order valence-corrected chi connectivity index (χ0v) is 11.1. The van der Waals surface area contributed by atoms with Gasteiger partial charge in [-0.1, -0.05) is 29.3 Å². The molecule has 2 rings (SSSR count). The van der Waals surface area contributed by atoms with Gasteiger partial charge in [-0.2, -0.15) is 5.10 Å². The van der Waals surface area contributed by atoms with E-state index in [-0.39, 0.29) is 5.02 Å². The average Bonchev–Trinajstić information content (AvgIpc) is 2.73. The van der Waals surface area contributed by atoms with E-state index in [2.05, 4.69) is 5.10 Å². The lowest BCUT2D eigenvalue weighted by Crippen LogP contribution is -2.09. The van der Waals surface area contributed by atoms with Crippen LogP contribution in [0.3, 0.4) is 0 Å². The van der Waals surface area contributed by atoms with Crippen LogP contribution in [-0.2, 0) is 6.54 Å². The fourth-order valence-corrected chi connectivity index (χ4v) is 2.17. The van der Waals surface area contributed by atoms with Crippen molar-refractivity contribution in [2.75, 3.05) is 0 Å². The van der Waals surface area contributed by atoms with Gasteiger partial charge in [0.1, 0.15) is 11.9 Å². The summed E-state index contributed by atoms with van der Waals surface area (Å²) >= 11 is 11.7. The Balaban J connectivity index is 2.44. The first kappa shape index (κ1) is 13.3. The number of hydrogen-bond donors (Lipinski definition) is 1. The summed E-state index contributed by atoms with van der Waals surface area (Å²) in [5, 5.41) is 14.6. The van der Waals surface area contributed by atoms with Gasteiger partial charge in [-0.3, -0.25) is 4.68 Å². The fraction of sp³-hybridized carbons (Fsp3) is 0.250. The Morgan fingerprint density at radius 1 is 1.39 bits per heavy atom. The number of aliphatic hydroxyl groups excluding tert-OH is 1. The summed E-state index contributed by atoms with van der Waals surface area (Å²) in [4.78, 5) is 0. The van der Waals surface area contributed by atoms with Gasteiger partial charge in [0.05, 0.1) is 21.9 Å². The first-order valence-electron chi connectivity index (χ1n) is 5.38. The van der Waals surface area contributed by atoms with Gasteiger partial charge in [0.2, 0.25) is 0 Å². The molecule has 6 heteroatoms.